The highest BCUT2D eigenvalue weighted by Crippen LogP contribution is 2.31. The molecule has 0 fully saturated rings. The molecule has 0 aliphatic rings. The number of hydrogen-bond donors (Lipinski definition) is 1. The first-order valence-electron chi connectivity index (χ1n) is 5.52. The molecule has 0 saturated carbocycles. The van der Waals surface area contributed by atoms with Gasteiger partial charge in [-0.2, -0.15) is 0 Å². The number of aliphatic hydroxyl groups excluding tert-OH is 1. The average molecular weight is 317 g/mol. The number of carbonyl (C=O) groups is 1. The number of halogens is 1. The molecule has 0 aliphatic heterocycles. The van der Waals surface area contributed by atoms with Gasteiger partial charge >= 0.3 is 5.97 Å². The molecule has 4 nitrogen and oxygen atoms in total. The molecular weight excluding hydrogens is 300 g/mol. The first-order chi connectivity index (χ1) is 8.42. The first-order valence-corrected chi connectivity index (χ1v) is 6.31. The lowest BCUT2D eigenvalue weighted by Gasteiger charge is -2.23. The van der Waals surface area contributed by atoms with Gasteiger partial charge in [-0.05, 0) is 35.8 Å². The van der Waals surface area contributed by atoms with Gasteiger partial charge in [0.25, 0.3) is 0 Å². The third-order valence-corrected chi connectivity index (χ3v) is 3.16. The van der Waals surface area contributed by atoms with E-state index in [-0.39, 0.29) is 19.2 Å². The smallest absolute Gasteiger partial charge is 0.314 e. The van der Waals surface area contributed by atoms with Gasteiger partial charge in [0.1, 0.15) is 12.4 Å². The molecule has 0 unspecified atom stereocenters. The van der Waals surface area contributed by atoms with Crippen LogP contribution in [0.2, 0.25) is 0 Å². The lowest BCUT2D eigenvalue weighted by molar-refractivity contribution is -0.152. The van der Waals surface area contributed by atoms with E-state index in [2.05, 4.69) is 15.9 Å². The predicted molar refractivity (Wildman–Crippen MR) is 71.4 cm³/mol. The second kappa shape index (κ2) is 6.20. The van der Waals surface area contributed by atoms with E-state index in [4.69, 9.17) is 9.47 Å². The SMILES string of the molecule is COC(=O)C(C)(C)COc1c(Br)cccc1CO. The Morgan fingerprint density at radius 3 is 2.67 bits per heavy atom. The van der Waals surface area contributed by atoms with E-state index < -0.39 is 5.41 Å². The van der Waals surface area contributed by atoms with Crippen molar-refractivity contribution >= 4 is 21.9 Å². The van der Waals surface area contributed by atoms with Gasteiger partial charge in [0.2, 0.25) is 0 Å². The Morgan fingerprint density at radius 2 is 2.11 bits per heavy atom. The van der Waals surface area contributed by atoms with Gasteiger partial charge in [0, 0.05) is 5.56 Å². The van der Waals surface area contributed by atoms with Crippen LogP contribution < -0.4 is 4.74 Å². The van der Waals surface area contributed by atoms with Crippen LogP contribution in [0.4, 0.5) is 0 Å². The van der Waals surface area contributed by atoms with Crippen molar-refractivity contribution in [2.45, 2.75) is 20.5 Å². The molecule has 1 rings (SSSR count). The zero-order valence-corrected chi connectivity index (χ0v) is 12.3. The second-order valence-corrected chi connectivity index (χ2v) is 5.40. The average Bonchev–Trinajstić information content (AvgIpc) is 2.35. The van der Waals surface area contributed by atoms with Crippen molar-refractivity contribution in [3.63, 3.8) is 0 Å². The van der Waals surface area contributed by atoms with Crippen molar-refractivity contribution in [3.05, 3.63) is 28.2 Å². The third kappa shape index (κ3) is 3.46. The Kier molecular flexibility index (Phi) is 5.16. The lowest BCUT2D eigenvalue weighted by Crippen LogP contribution is -2.32. The summed E-state index contributed by atoms with van der Waals surface area (Å²) in [6.45, 7) is 3.55. The highest BCUT2D eigenvalue weighted by Gasteiger charge is 2.30. The molecule has 0 amide bonds. The van der Waals surface area contributed by atoms with Crippen LogP contribution in [0, 0.1) is 5.41 Å². The van der Waals surface area contributed by atoms with Gasteiger partial charge in [-0.15, -0.1) is 0 Å². The number of hydrogen-bond acceptors (Lipinski definition) is 4. The van der Waals surface area contributed by atoms with Gasteiger partial charge in [-0.1, -0.05) is 12.1 Å². The molecule has 0 radical (unpaired) electrons. The number of ether oxygens (including phenoxy) is 2. The van der Waals surface area contributed by atoms with Crippen molar-refractivity contribution in [1.29, 1.82) is 0 Å². The Bertz CT molecular complexity index is 429. The number of esters is 1. The Hall–Kier alpha value is -1.07. The Labute approximate surface area is 115 Å². The monoisotopic (exact) mass is 316 g/mol. The summed E-state index contributed by atoms with van der Waals surface area (Å²) in [5, 5.41) is 9.24. The van der Waals surface area contributed by atoms with Gasteiger partial charge in [-0.25, -0.2) is 0 Å². The van der Waals surface area contributed by atoms with E-state index in [0.717, 1.165) is 4.47 Å². The largest absolute Gasteiger partial charge is 0.491 e. The van der Waals surface area contributed by atoms with Crippen molar-refractivity contribution in [2.75, 3.05) is 13.7 Å². The van der Waals surface area contributed by atoms with Crippen molar-refractivity contribution in [3.8, 4) is 5.75 Å². The topological polar surface area (TPSA) is 55.8 Å². The molecule has 0 spiro atoms. The van der Waals surface area contributed by atoms with Crippen molar-refractivity contribution in [1.82, 2.24) is 0 Å². The second-order valence-electron chi connectivity index (χ2n) is 4.55. The molecule has 0 saturated heterocycles. The summed E-state index contributed by atoms with van der Waals surface area (Å²) in [7, 11) is 1.35. The molecule has 18 heavy (non-hydrogen) atoms. The summed E-state index contributed by atoms with van der Waals surface area (Å²) in [6, 6.07) is 5.40. The minimum atomic E-state index is -0.739. The fourth-order valence-electron chi connectivity index (χ4n) is 1.43. The summed E-state index contributed by atoms with van der Waals surface area (Å²) in [4.78, 5) is 11.5. The molecule has 0 bridgehead atoms. The standard InChI is InChI=1S/C13H17BrO4/c1-13(2,12(16)17-3)8-18-11-9(7-15)5-4-6-10(11)14/h4-6,15H,7-8H2,1-3H3. The lowest BCUT2D eigenvalue weighted by atomic mass is 9.95. The van der Waals surface area contributed by atoms with Crippen LogP contribution in [0.15, 0.2) is 22.7 Å². The maximum atomic E-state index is 11.5. The fourth-order valence-corrected chi connectivity index (χ4v) is 1.95. The van der Waals surface area contributed by atoms with Crippen LogP contribution in [-0.4, -0.2) is 24.8 Å². The van der Waals surface area contributed by atoms with E-state index in [0.29, 0.717) is 11.3 Å². The first kappa shape index (κ1) is 15.0. The van der Waals surface area contributed by atoms with Crippen LogP contribution in [0.1, 0.15) is 19.4 Å². The maximum absolute atomic E-state index is 11.5. The summed E-state index contributed by atoms with van der Waals surface area (Å²) >= 11 is 3.36. The zero-order valence-electron chi connectivity index (χ0n) is 10.7. The van der Waals surface area contributed by atoms with Gasteiger partial charge in [0.15, 0.2) is 0 Å². The van der Waals surface area contributed by atoms with Crippen LogP contribution in [0.3, 0.4) is 0 Å². The fraction of sp³-hybridized carbons (Fsp3) is 0.462. The maximum Gasteiger partial charge on any atom is 0.314 e. The molecule has 1 aromatic rings. The van der Waals surface area contributed by atoms with E-state index in [1.165, 1.54) is 7.11 Å². The van der Waals surface area contributed by atoms with E-state index >= 15 is 0 Å². The minimum absolute atomic E-state index is 0.118. The normalized spacial score (nSPS) is 11.2. The predicted octanol–water partition coefficient (Wildman–Crippen LogP) is 2.52. The molecular formula is C13H17BrO4. The van der Waals surface area contributed by atoms with Crippen molar-refractivity contribution < 1.29 is 19.4 Å². The third-order valence-electron chi connectivity index (χ3n) is 2.53. The number of carbonyl (C=O) groups excluding carboxylic acids is 1. The highest BCUT2D eigenvalue weighted by atomic mass is 79.9. The molecule has 0 aliphatic carbocycles. The molecule has 1 N–H and O–H groups in total. The van der Waals surface area contributed by atoms with Crippen LogP contribution in [0.25, 0.3) is 0 Å². The molecule has 5 heteroatoms. The van der Waals surface area contributed by atoms with Crippen LogP contribution in [0.5, 0.6) is 5.75 Å². The molecule has 0 aromatic heterocycles. The highest BCUT2D eigenvalue weighted by molar-refractivity contribution is 9.10. The van der Waals surface area contributed by atoms with Gasteiger partial charge in [0.05, 0.1) is 23.6 Å². The number of methoxy groups -OCH3 is 1. The minimum Gasteiger partial charge on any atom is -0.491 e. The number of para-hydroxylation sites is 1. The molecule has 0 atom stereocenters. The summed E-state index contributed by atoms with van der Waals surface area (Å²) in [5.41, 5.74) is -0.0680. The Morgan fingerprint density at radius 1 is 1.44 bits per heavy atom. The quantitative estimate of drug-likeness (QED) is 0.848. The summed E-state index contributed by atoms with van der Waals surface area (Å²) in [6.07, 6.45) is 0. The number of aliphatic hydroxyl groups is 1. The van der Waals surface area contributed by atoms with E-state index in [1.54, 1.807) is 19.9 Å². The molecule has 0 heterocycles. The Balaban J connectivity index is 2.83. The van der Waals surface area contributed by atoms with Gasteiger partial charge in [-0.3, -0.25) is 4.79 Å². The number of benzene rings is 1. The van der Waals surface area contributed by atoms with Crippen molar-refractivity contribution in [2.24, 2.45) is 5.41 Å². The van der Waals surface area contributed by atoms with Crippen LogP contribution >= 0.6 is 15.9 Å². The number of rotatable bonds is 5. The summed E-state index contributed by atoms with van der Waals surface area (Å²) in [5.74, 6) is 0.220. The van der Waals surface area contributed by atoms with E-state index in [1.807, 2.05) is 12.1 Å². The van der Waals surface area contributed by atoms with Crippen LogP contribution in [-0.2, 0) is 16.1 Å². The summed E-state index contributed by atoms with van der Waals surface area (Å²) < 4.78 is 11.1. The molecule has 100 valence electrons. The van der Waals surface area contributed by atoms with E-state index in [9.17, 15) is 9.90 Å². The van der Waals surface area contributed by atoms with Gasteiger partial charge < -0.3 is 14.6 Å². The molecule has 1 aromatic carbocycles. The zero-order chi connectivity index (χ0) is 13.8.